The molecular formula is C7H7FN2OS. The van der Waals surface area contributed by atoms with Gasteiger partial charge in [0.1, 0.15) is 5.82 Å². The van der Waals surface area contributed by atoms with Gasteiger partial charge in [-0.3, -0.25) is 0 Å². The van der Waals surface area contributed by atoms with Crippen molar-refractivity contribution in [3.8, 4) is 0 Å². The zero-order chi connectivity index (χ0) is 9.14. The molecule has 0 fully saturated rings. The van der Waals surface area contributed by atoms with Crippen LogP contribution < -0.4 is 10.0 Å². The van der Waals surface area contributed by atoms with Crippen LogP contribution in [0.3, 0.4) is 0 Å². The number of halogens is 1. The summed E-state index contributed by atoms with van der Waals surface area (Å²) in [6.45, 7) is 0. The normalized spacial score (nSPS) is 9.50. The van der Waals surface area contributed by atoms with Crippen LogP contribution in [0.4, 0.5) is 14.9 Å². The summed E-state index contributed by atoms with van der Waals surface area (Å²) < 4.78 is 13.6. The van der Waals surface area contributed by atoms with E-state index in [1.807, 2.05) is 0 Å². The van der Waals surface area contributed by atoms with Crippen molar-refractivity contribution in [2.45, 2.75) is 0 Å². The van der Waals surface area contributed by atoms with Gasteiger partial charge in [0.15, 0.2) is 0 Å². The zero-order valence-electron chi connectivity index (χ0n) is 6.07. The lowest BCUT2D eigenvalue weighted by molar-refractivity contribution is 0.257. The molecule has 0 aliphatic carbocycles. The number of anilines is 1. The lowest BCUT2D eigenvalue weighted by Gasteiger charge is -2.12. The van der Waals surface area contributed by atoms with Gasteiger partial charge in [0.25, 0.3) is 0 Å². The van der Waals surface area contributed by atoms with Crippen molar-refractivity contribution in [1.29, 1.82) is 0 Å². The number of para-hydroxylation sites is 1. The molecule has 0 aliphatic heterocycles. The van der Waals surface area contributed by atoms with Gasteiger partial charge in [0.2, 0.25) is 0 Å². The van der Waals surface area contributed by atoms with Gasteiger partial charge in [-0.15, -0.1) is 0 Å². The highest BCUT2D eigenvalue weighted by atomic mass is 32.1. The smallest absolute Gasteiger partial charge is 0.329 e. The SMILES string of the molecule is NC(=O)N(S)c1ccccc1F. The van der Waals surface area contributed by atoms with Gasteiger partial charge in [-0.1, -0.05) is 24.9 Å². The van der Waals surface area contributed by atoms with E-state index in [9.17, 15) is 9.18 Å². The number of rotatable bonds is 1. The standard InChI is InChI=1S/C7H7FN2OS/c8-5-3-1-2-4-6(5)10(12)7(9)11/h1-4,12H,(H2,9,11). The van der Waals surface area contributed by atoms with E-state index in [1.54, 1.807) is 6.07 Å². The molecular weight excluding hydrogens is 179 g/mol. The lowest BCUT2D eigenvalue weighted by Crippen LogP contribution is -2.27. The molecule has 1 rings (SSSR count). The Balaban J connectivity index is 3.02. The van der Waals surface area contributed by atoms with Crippen LogP contribution in [0.25, 0.3) is 0 Å². The molecule has 0 saturated carbocycles. The van der Waals surface area contributed by atoms with Crippen molar-refractivity contribution < 1.29 is 9.18 Å². The molecule has 0 unspecified atom stereocenters. The second-order valence-corrected chi connectivity index (χ2v) is 2.50. The molecule has 3 nitrogen and oxygen atoms in total. The van der Waals surface area contributed by atoms with Crippen LogP contribution in [0.1, 0.15) is 0 Å². The van der Waals surface area contributed by atoms with E-state index >= 15 is 0 Å². The number of amides is 2. The first-order chi connectivity index (χ1) is 5.63. The minimum atomic E-state index is -0.816. The lowest BCUT2D eigenvalue weighted by atomic mass is 10.3. The number of nitrogens with two attached hydrogens (primary N) is 1. The van der Waals surface area contributed by atoms with Crippen molar-refractivity contribution in [3.63, 3.8) is 0 Å². The number of nitrogens with zero attached hydrogens (tertiary/aromatic N) is 1. The fraction of sp³-hybridized carbons (Fsp3) is 0. The Kier molecular flexibility index (Phi) is 2.54. The van der Waals surface area contributed by atoms with Crippen molar-refractivity contribution in [3.05, 3.63) is 30.1 Å². The van der Waals surface area contributed by atoms with Gasteiger partial charge in [-0.2, -0.15) is 0 Å². The fourth-order valence-electron chi connectivity index (χ4n) is 0.742. The summed E-state index contributed by atoms with van der Waals surface area (Å²) in [4.78, 5) is 10.6. The molecule has 0 aliphatic rings. The third-order valence-electron chi connectivity index (χ3n) is 1.29. The number of thiol groups is 1. The third-order valence-corrected chi connectivity index (χ3v) is 1.70. The molecule has 64 valence electrons. The zero-order valence-corrected chi connectivity index (χ0v) is 6.96. The first kappa shape index (κ1) is 8.86. The van der Waals surface area contributed by atoms with Crippen LogP contribution in [-0.4, -0.2) is 6.03 Å². The molecule has 5 heteroatoms. The number of hydrogen-bond acceptors (Lipinski definition) is 2. The molecule has 12 heavy (non-hydrogen) atoms. The summed E-state index contributed by atoms with van der Waals surface area (Å²) in [5, 5.41) is 0. The van der Waals surface area contributed by atoms with Gasteiger partial charge >= 0.3 is 6.03 Å². The summed E-state index contributed by atoms with van der Waals surface area (Å²) in [7, 11) is 0. The summed E-state index contributed by atoms with van der Waals surface area (Å²) in [5.41, 5.74) is 4.93. The monoisotopic (exact) mass is 186 g/mol. The summed E-state index contributed by atoms with van der Waals surface area (Å²) in [6.07, 6.45) is 0. The average Bonchev–Trinajstić information content (AvgIpc) is 2.04. The molecule has 0 heterocycles. The van der Waals surface area contributed by atoms with E-state index in [2.05, 4.69) is 12.8 Å². The fourth-order valence-corrected chi connectivity index (χ4v) is 0.904. The average molecular weight is 186 g/mol. The minimum absolute atomic E-state index is 0.0494. The van der Waals surface area contributed by atoms with Crippen molar-refractivity contribution in [2.75, 3.05) is 4.31 Å². The summed E-state index contributed by atoms with van der Waals surface area (Å²) in [6, 6.07) is 4.92. The molecule has 1 aromatic carbocycles. The highest BCUT2D eigenvalue weighted by Gasteiger charge is 2.11. The molecule has 0 spiro atoms. The maximum absolute atomic E-state index is 12.9. The molecule has 2 N–H and O–H groups in total. The summed E-state index contributed by atoms with van der Waals surface area (Å²) in [5.74, 6) is -0.536. The van der Waals surface area contributed by atoms with E-state index < -0.39 is 11.8 Å². The molecule has 0 atom stereocenters. The second kappa shape index (κ2) is 3.44. The highest BCUT2D eigenvalue weighted by Crippen LogP contribution is 2.19. The van der Waals surface area contributed by atoms with Crippen LogP contribution >= 0.6 is 12.8 Å². The van der Waals surface area contributed by atoms with Gasteiger partial charge in [0, 0.05) is 0 Å². The van der Waals surface area contributed by atoms with Crippen LogP contribution in [0, 0.1) is 5.82 Å². The number of primary amides is 1. The molecule has 0 aromatic heterocycles. The van der Waals surface area contributed by atoms with Gasteiger partial charge in [0.05, 0.1) is 5.69 Å². The van der Waals surface area contributed by atoms with Gasteiger partial charge in [-0.25, -0.2) is 13.5 Å². The van der Waals surface area contributed by atoms with E-state index in [4.69, 9.17) is 5.73 Å². The molecule has 0 radical (unpaired) electrons. The Morgan fingerprint density at radius 3 is 2.58 bits per heavy atom. The molecule has 2 amide bonds. The number of hydrogen-bond donors (Lipinski definition) is 2. The largest absolute Gasteiger partial charge is 0.350 e. The maximum atomic E-state index is 12.9. The van der Waals surface area contributed by atoms with E-state index in [0.717, 1.165) is 4.31 Å². The van der Waals surface area contributed by atoms with E-state index in [0.29, 0.717) is 0 Å². The number of carbonyl (C=O) groups is 1. The van der Waals surface area contributed by atoms with Crippen molar-refractivity contribution in [2.24, 2.45) is 5.73 Å². The minimum Gasteiger partial charge on any atom is -0.350 e. The quantitative estimate of drug-likeness (QED) is 0.642. The van der Waals surface area contributed by atoms with Gasteiger partial charge in [-0.05, 0) is 12.1 Å². The van der Waals surface area contributed by atoms with Crippen LogP contribution in [-0.2, 0) is 0 Å². The maximum Gasteiger partial charge on any atom is 0.329 e. The van der Waals surface area contributed by atoms with Gasteiger partial charge < -0.3 is 5.73 Å². The third kappa shape index (κ3) is 1.68. The van der Waals surface area contributed by atoms with Crippen molar-refractivity contribution >= 4 is 24.5 Å². The highest BCUT2D eigenvalue weighted by molar-refractivity contribution is 7.82. The molecule has 0 bridgehead atoms. The van der Waals surface area contributed by atoms with E-state index in [1.165, 1.54) is 18.2 Å². The predicted octanol–water partition coefficient (Wildman–Crippen LogP) is 1.56. The van der Waals surface area contributed by atoms with Crippen LogP contribution in [0.2, 0.25) is 0 Å². The number of urea groups is 1. The van der Waals surface area contributed by atoms with E-state index in [-0.39, 0.29) is 5.69 Å². The van der Waals surface area contributed by atoms with Crippen molar-refractivity contribution in [1.82, 2.24) is 0 Å². The molecule has 0 saturated heterocycles. The Hall–Kier alpha value is -1.23. The Morgan fingerprint density at radius 1 is 1.50 bits per heavy atom. The molecule has 1 aromatic rings. The Labute approximate surface area is 74.5 Å². The van der Waals surface area contributed by atoms with Crippen LogP contribution in [0.5, 0.6) is 0 Å². The van der Waals surface area contributed by atoms with Crippen LogP contribution in [0.15, 0.2) is 24.3 Å². The predicted molar refractivity (Wildman–Crippen MR) is 47.4 cm³/mol. The number of benzene rings is 1. The number of carbonyl (C=O) groups excluding carboxylic acids is 1. The Morgan fingerprint density at radius 2 is 2.08 bits per heavy atom. The topological polar surface area (TPSA) is 46.3 Å². The second-order valence-electron chi connectivity index (χ2n) is 2.10. The first-order valence-corrected chi connectivity index (χ1v) is 3.56. The summed E-state index contributed by atoms with van der Waals surface area (Å²) >= 11 is 3.70. The Bertz CT molecular complexity index is 305. The first-order valence-electron chi connectivity index (χ1n) is 3.16.